The lowest BCUT2D eigenvalue weighted by molar-refractivity contribution is 0.230. The molecule has 0 radical (unpaired) electrons. The number of carbonyl (C=O) groups excluding carboxylic acids is 1. The molecule has 0 saturated carbocycles. The van der Waals surface area contributed by atoms with E-state index < -0.39 is 0 Å². The summed E-state index contributed by atoms with van der Waals surface area (Å²) >= 11 is 1.26. The Hall–Kier alpha value is -2.35. The normalized spacial score (nSPS) is 11.9. The lowest BCUT2D eigenvalue weighted by Gasteiger charge is -2.18. The molecule has 23 heavy (non-hydrogen) atoms. The van der Waals surface area contributed by atoms with Crippen LogP contribution in [0.15, 0.2) is 23.7 Å². The number of amides is 2. The number of ether oxygens (including phenoxy) is 2. The second-order valence-corrected chi connectivity index (χ2v) is 5.97. The smallest absolute Gasteiger partial charge is 0.321 e. The first-order chi connectivity index (χ1) is 11.0. The number of anilines is 1. The maximum Gasteiger partial charge on any atom is 0.321 e. The van der Waals surface area contributed by atoms with Crippen molar-refractivity contribution in [2.45, 2.75) is 32.9 Å². The van der Waals surface area contributed by atoms with Crippen LogP contribution in [0.25, 0.3) is 0 Å². The van der Waals surface area contributed by atoms with Crippen LogP contribution in [0.1, 0.15) is 32.4 Å². The van der Waals surface area contributed by atoms with Gasteiger partial charge in [-0.2, -0.15) is 0 Å². The van der Waals surface area contributed by atoms with Crippen LogP contribution in [0.5, 0.6) is 11.5 Å². The second-order valence-electron chi connectivity index (χ2n) is 5.14. The van der Waals surface area contributed by atoms with Crippen LogP contribution in [0.3, 0.4) is 0 Å². The molecular weight excluding hydrogens is 316 g/mol. The first-order valence-electron chi connectivity index (χ1n) is 7.18. The van der Waals surface area contributed by atoms with Crippen LogP contribution in [-0.4, -0.2) is 29.4 Å². The van der Waals surface area contributed by atoms with Crippen molar-refractivity contribution in [1.82, 2.24) is 15.5 Å². The van der Waals surface area contributed by atoms with Gasteiger partial charge in [0.25, 0.3) is 0 Å². The van der Waals surface area contributed by atoms with E-state index in [4.69, 9.17) is 9.47 Å². The number of rotatable bonds is 6. The molecule has 1 aromatic carbocycles. The van der Waals surface area contributed by atoms with Crippen LogP contribution in [0.4, 0.5) is 9.93 Å². The number of nitrogens with one attached hydrogen (secondary N) is 2. The minimum absolute atomic E-state index is 0.0583. The highest BCUT2D eigenvalue weighted by Gasteiger charge is 2.14. The van der Waals surface area contributed by atoms with E-state index in [1.54, 1.807) is 12.6 Å². The van der Waals surface area contributed by atoms with Gasteiger partial charge in [-0.3, -0.25) is 5.32 Å². The van der Waals surface area contributed by atoms with Gasteiger partial charge in [0.15, 0.2) is 11.5 Å². The lowest BCUT2D eigenvalue weighted by atomic mass is 10.1. The summed E-state index contributed by atoms with van der Waals surface area (Å²) in [5.41, 5.74) is 2.46. The molecule has 1 heterocycles. The van der Waals surface area contributed by atoms with Crippen molar-refractivity contribution in [2.24, 2.45) is 0 Å². The summed E-state index contributed by atoms with van der Waals surface area (Å²) in [5, 5.41) is 13.3. The molecule has 0 aliphatic rings. The molecule has 0 aliphatic carbocycles. The number of carbonyl (C=O) groups is 1. The van der Waals surface area contributed by atoms with E-state index in [2.05, 4.69) is 20.8 Å². The van der Waals surface area contributed by atoms with E-state index in [9.17, 15) is 4.79 Å². The molecule has 0 fully saturated rings. The third-order valence-electron chi connectivity index (χ3n) is 2.98. The quantitative estimate of drug-likeness (QED) is 0.846. The third-order valence-corrected chi connectivity index (χ3v) is 3.59. The molecule has 1 atom stereocenters. The maximum absolute atomic E-state index is 11.9. The topological polar surface area (TPSA) is 85.4 Å². The molecule has 0 unspecified atom stereocenters. The number of nitrogens with zero attached hydrogens (tertiary/aromatic N) is 2. The van der Waals surface area contributed by atoms with Crippen LogP contribution in [0.2, 0.25) is 0 Å². The van der Waals surface area contributed by atoms with Crippen molar-refractivity contribution in [3.05, 3.63) is 29.3 Å². The second kappa shape index (κ2) is 7.77. The molecule has 0 spiro atoms. The van der Waals surface area contributed by atoms with E-state index in [0.717, 1.165) is 5.56 Å². The Labute approximate surface area is 139 Å². The fourth-order valence-corrected chi connectivity index (χ4v) is 2.39. The number of aromatic nitrogens is 2. The van der Waals surface area contributed by atoms with Crippen molar-refractivity contribution in [1.29, 1.82) is 0 Å². The average molecular weight is 336 g/mol. The third kappa shape index (κ3) is 4.82. The molecular formula is C15H20N4O3S. The molecule has 2 amide bonds. The van der Waals surface area contributed by atoms with Gasteiger partial charge in [0, 0.05) is 0 Å². The van der Waals surface area contributed by atoms with Crippen molar-refractivity contribution in [3.63, 3.8) is 0 Å². The summed E-state index contributed by atoms with van der Waals surface area (Å²) in [6.07, 6.45) is 0.0583. The summed E-state index contributed by atoms with van der Waals surface area (Å²) in [6.45, 7) is 5.79. The van der Waals surface area contributed by atoms with Crippen molar-refractivity contribution < 1.29 is 14.3 Å². The van der Waals surface area contributed by atoms with Crippen molar-refractivity contribution in [3.8, 4) is 11.5 Å². The highest BCUT2D eigenvalue weighted by molar-refractivity contribution is 7.13. The molecule has 0 aliphatic heterocycles. The highest BCUT2D eigenvalue weighted by atomic mass is 32.1. The standard InChI is InChI=1S/C15H20N4O3S/c1-9(2)22-12-6-5-11(7-13(12)21-4)10(3)17-14(20)18-15-19-16-8-23-15/h5-10H,1-4H3,(H2,17,18,19,20)/t10-/m0/s1. The summed E-state index contributed by atoms with van der Waals surface area (Å²) in [4.78, 5) is 11.9. The van der Waals surface area contributed by atoms with E-state index in [-0.39, 0.29) is 18.2 Å². The van der Waals surface area contributed by atoms with E-state index in [0.29, 0.717) is 16.6 Å². The summed E-state index contributed by atoms with van der Waals surface area (Å²) in [7, 11) is 1.59. The predicted octanol–water partition coefficient (Wildman–Crippen LogP) is 3.22. The summed E-state index contributed by atoms with van der Waals surface area (Å²) in [5.74, 6) is 1.31. The van der Waals surface area contributed by atoms with Gasteiger partial charge in [-0.15, -0.1) is 10.2 Å². The first-order valence-corrected chi connectivity index (χ1v) is 8.06. The monoisotopic (exact) mass is 336 g/mol. The van der Waals surface area contributed by atoms with Crippen molar-refractivity contribution in [2.75, 3.05) is 12.4 Å². The van der Waals surface area contributed by atoms with Crippen LogP contribution in [0, 0.1) is 0 Å². The van der Waals surface area contributed by atoms with Gasteiger partial charge in [0.2, 0.25) is 5.13 Å². The number of benzene rings is 1. The average Bonchev–Trinajstić information content (AvgIpc) is 2.99. The Morgan fingerprint density at radius 1 is 1.26 bits per heavy atom. The van der Waals surface area contributed by atoms with E-state index >= 15 is 0 Å². The summed E-state index contributed by atoms with van der Waals surface area (Å²) < 4.78 is 11.0. The zero-order chi connectivity index (χ0) is 16.8. The Bertz CT molecular complexity index is 646. The Balaban J connectivity index is 2.03. The van der Waals surface area contributed by atoms with Crippen LogP contribution in [-0.2, 0) is 0 Å². The fourth-order valence-electron chi connectivity index (χ4n) is 1.95. The largest absolute Gasteiger partial charge is 0.493 e. The Morgan fingerprint density at radius 2 is 2.04 bits per heavy atom. The molecule has 124 valence electrons. The van der Waals surface area contributed by atoms with Gasteiger partial charge in [-0.25, -0.2) is 4.79 Å². The molecule has 0 bridgehead atoms. The Morgan fingerprint density at radius 3 is 2.65 bits per heavy atom. The molecule has 2 rings (SSSR count). The van der Waals surface area contributed by atoms with Gasteiger partial charge in [-0.1, -0.05) is 17.4 Å². The first kappa shape index (κ1) is 17.0. The zero-order valence-corrected chi connectivity index (χ0v) is 14.3. The molecule has 2 N–H and O–H groups in total. The minimum Gasteiger partial charge on any atom is -0.493 e. The van der Waals surface area contributed by atoms with Gasteiger partial charge < -0.3 is 14.8 Å². The maximum atomic E-state index is 11.9. The zero-order valence-electron chi connectivity index (χ0n) is 13.5. The van der Waals surface area contributed by atoms with E-state index in [1.165, 1.54) is 11.3 Å². The van der Waals surface area contributed by atoms with Gasteiger partial charge in [-0.05, 0) is 38.5 Å². The predicted molar refractivity (Wildman–Crippen MR) is 89.2 cm³/mol. The number of hydrogen-bond donors (Lipinski definition) is 2. The minimum atomic E-state index is -0.337. The molecule has 1 aromatic heterocycles. The molecule has 2 aromatic rings. The fraction of sp³-hybridized carbons (Fsp3) is 0.400. The number of urea groups is 1. The SMILES string of the molecule is COc1cc([C@H](C)NC(=O)Nc2nncs2)ccc1OC(C)C. The van der Waals surface area contributed by atoms with Gasteiger partial charge in [0.1, 0.15) is 5.51 Å². The molecule has 8 heteroatoms. The summed E-state index contributed by atoms with van der Waals surface area (Å²) in [6, 6.07) is 5.05. The van der Waals surface area contributed by atoms with Crippen LogP contribution < -0.4 is 20.1 Å². The number of methoxy groups -OCH3 is 1. The van der Waals surface area contributed by atoms with Gasteiger partial charge >= 0.3 is 6.03 Å². The Kier molecular flexibility index (Phi) is 5.75. The van der Waals surface area contributed by atoms with Crippen LogP contribution >= 0.6 is 11.3 Å². The lowest BCUT2D eigenvalue weighted by Crippen LogP contribution is -2.31. The molecule has 0 saturated heterocycles. The van der Waals surface area contributed by atoms with Crippen molar-refractivity contribution >= 4 is 22.5 Å². The van der Waals surface area contributed by atoms with Gasteiger partial charge in [0.05, 0.1) is 19.3 Å². The number of hydrogen-bond acceptors (Lipinski definition) is 6. The van der Waals surface area contributed by atoms with E-state index in [1.807, 2.05) is 39.0 Å². The highest BCUT2D eigenvalue weighted by Crippen LogP contribution is 2.31. The molecule has 7 nitrogen and oxygen atoms in total.